The van der Waals surface area contributed by atoms with Crippen LogP contribution in [0.1, 0.15) is 57.8 Å². The molecule has 10 heavy (non-hydrogen) atoms. The molecule has 0 atom stereocenters. The largest absolute Gasteiger partial charge is 0.0533 e. The van der Waals surface area contributed by atoms with Gasteiger partial charge in [0, 0.05) is 0 Å². The summed E-state index contributed by atoms with van der Waals surface area (Å²) in [5, 5.41) is 0. The van der Waals surface area contributed by atoms with E-state index < -0.39 is 0 Å². The summed E-state index contributed by atoms with van der Waals surface area (Å²) in [7, 11) is 0. The molecule has 0 aromatic heterocycles. The quantitative estimate of drug-likeness (QED) is 0.480. The van der Waals surface area contributed by atoms with E-state index in [1.807, 2.05) is 0 Å². The topological polar surface area (TPSA) is 0 Å². The predicted molar refractivity (Wildman–Crippen MR) is 44.0 cm³/mol. The van der Waals surface area contributed by atoms with Crippen molar-refractivity contribution in [3.05, 3.63) is 0 Å². The minimum absolute atomic E-state index is 0.885. The third-order valence-corrected chi connectivity index (χ3v) is 3.58. The van der Waals surface area contributed by atoms with Crippen LogP contribution in [0.2, 0.25) is 0 Å². The molecule has 2 rings (SSSR count). The van der Waals surface area contributed by atoms with Crippen LogP contribution in [0.3, 0.4) is 0 Å². The molecule has 0 N–H and O–H groups in total. The summed E-state index contributed by atoms with van der Waals surface area (Å²) in [5.74, 6) is 0. The Hall–Kier alpha value is 0. The molecule has 0 aromatic rings. The molecule has 2 fully saturated rings. The molecule has 2 saturated carbocycles. The lowest BCUT2D eigenvalue weighted by molar-refractivity contribution is 0.110. The highest BCUT2D eigenvalue weighted by molar-refractivity contribution is 4.88. The zero-order valence-electron chi connectivity index (χ0n) is 6.86. The Bertz CT molecular complexity index is 101. The lowest BCUT2D eigenvalue weighted by atomic mass is 9.64. The van der Waals surface area contributed by atoms with Crippen molar-refractivity contribution in [2.45, 2.75) is 57.8 Å². The molecule has 0 saturated heterocycles. The fraction of sp³-hybridized carbons (Fsp3) is 1.00. The van der Waals surface area contributed by atoms with Gasteiger partial charge in [-0.2, -0.15) is 0 Å². The Balaban J connectivity index is 1.92. The molecule has 0 amide bonds. The first-order valence-electron chi connectivity index (χ1n) is 4.91. The summed E-state index contributed by atoms with van der Waals surface area (Å²) in [4.78, 5) is 0. The summed E-state index contributed by atoms with van der Waals surface area (Å²) in [6.45, 7) is 0. The molecule has 0 bridgehead atoms. The average molecular weight is 138 g/mol. The fourth-order valence-corrected chi connectivity index (χ4v) is 2.66. The van der Waals surface area contributed by atoms with Gasteiger partial charge in [-0.15, -0.1) is 0 Å². The molecule has 0 aliphatic heterocycles. The predicted octanol–water partition coefficient (Wildman–Crippen LogP) is 3.51. The van der Waals surface area contributed by atoms with Gasteiger partial charge in [0.2, 0.25) is 0 Å². The fourth-order valence-electron chi connectivity index (χ4n) is 2.66. The van der Waals surface area contributed by atoms with E-state index in [0.29, 0.717) is 0 Å². The Morgan fingerprint density at radius 3 is 1.40 bits per heavy atom. The highest BCUT2D eigenvalue weighted by atomic mass is 14.4. The molecule has 0 aromatic carbocycles. The second kappa shape index (κ2) is 2.56. The van der Waals surface area contributed by atoms with Gasteiger partial charge in [0.25, 0.3) is 0 Å². The molecule has 58 valence electrons. The molecule has 1 spiro atoms. The van der Waals surface area contributed by atoms with E-state index >= 15 is 0 Å². The SMILES string of the molecule is C1CCCC2(CC1)CCC2. The maximum Gasteiger partial charge on any atom is -0.0297 e. The molecule has 0 unspecified atom stereocenters. The van der Waals surface area contributed by atoms with Gasteiger partial charge in [0.1, 0.15) is 0 Å². The standard InChI is InChI=1S/C10H18/c1-2-4-7-10(6-3-1)8-5-9-10/h1-9H2. The van der Waals surface area contributed by atoms with E-state index in [4.69, 9.17) is 0 Å². The van der Waals surface area contributed by atoms with Crippen LogP contribution in [0.4, 0.5) is 0 Å². The number of hydrogen-bond donors (Lipinski definition) is 0. The van der Waals surface area contributed by atoms with Gasteiger partial charge in [0.05, 0.1) is 0 Å². The Kier molecular flexibility index (Phi) is 1.71. The molecule has 0 heterocycles. The van der Waals surface area contributed by atoms with Crippen molar-refractivity contribution in [1.82, 2.24) is 0 Å². The van der Waals surface area contributed by atoms with Gasteiger partial charge < -0.3 is 0 Å². The van der Waals surface area contributed by atoms with Gasteiger partial charge >= 0.3 is 0 Å². The van der Waals surface area contributed by atoms with Gasteiger partial charge in [-0.25, -0.2) is 0 Å². The van der Waals surface area contributed by atoms with E-state index in [9.17, 15) is 0 Å². The Labute approximate surface area is 64.0 Å². The van der Waals surface area contributed by atoms with E-state index in [0.717, 1.165) is 5.41 Å². The minimum Gasteiger partial charge on any atom is -0.0533 e. The van der Waals surface area contributed by atoms with E-state index in [1.54, 1.807) is 25.7 Å². The molecule has 0 heteroatoms. The van der Waals surface area contributed by atoms with Crippen LogP contribution in [-0.2, 0) is 0 Å². The van der Waals surface area contributed by atoms with Crippen LogP contribution in [0.5, 0.6) is 0 Å². The van der Waals surface area contributed by atoms with Crippen LogP contribution in [0.15, 0.2) is 0 Å². The first-order chi connectivity index (χ1) is 4.91. The Morgan fingerprint density at radius 2 is 1.00 bits per heavy atom. The van der Waals surface area contributed by atoms with Gasteiger partial charge in [-0.3, -0.25) is 0 Å². The number of rotatable bonds is 0. The van der Waals surface area contributed by atoms with Crippen LogP contribution in [0, 0.1) is 5.41 Å². The number of hydrogen-bond acceptors (Lipinski definition) is 0. The summed E-state index contributed by atoms with van der Waals surface area (Å²) in [6, 6.07) is 0. The normalized spacial score (nSPS) is 31.2. The second-order valence-corrected chi connectivity index (χ2v) is 4.27. The third-order valence-electron chi connectivity index (χ3n) is 3.58. The third kappa shape index (κ3) is 1.09. The monoisotopic (exact) mass is 138 g/mol. The van der Waals surface area contributed by atoms with Gasteiger partial charge in [-0.1, -0.05) is 32.1 Å². The maximum absolute atomic E-state index is 1.56. The van der Waals surface area contributed by atoms with Crippen molar-refractivity contribution < 1.29 is 0 Å². The van der Waals surface area contributed by atoms with Crippen molar-refractivity contribution in [1.29, 1.82) is 0 Å². The lowest BCUT2D eigenvalue weighted by Crippen LogP contribution is -2.28. The molecule has 2 aliphatic carbocycles. The van der Waals surface area contributed by atoms with Crippen molar-refractivity contribution in [2.24, 2.45) is 5.41 Å². The molecular weight excluding hydrogens is 120 g/mol. The van der Waals surface area contributed by atoms with E-state index in [2.05, 4.69) is 0 Å². The molecular formula is C10H18. The first-order valence-corrected chi connectivity index (χ1v) is 4.91. The second-order valence-electron chi connectivity index (χ2n) is 4.27. The van der Waals surface area contributed by atoms with E-state index in [1.165, 1.54) is 32.1 Å². The van der Waals surface area contributed by atoms with Crippen molar-refractivity contribution in [3.8, 4) is 0 Å². The maximum atomic E-state index is 1.56. The minimum atomic E-state index is 0.885. The summed E-state index contributed by atoms with van der Waals surface area (Å²) < 4.78 is 0. The van der Waals surface area contributed by atoms with Crippen molar-refractivity contribution in [2.75, 3.05) is 0 Å². The highest BCUT2D eigenvalue weighted by Crippen LogP contribution is 2.50. The van der Waals surface area contributed by atoms with Crippen molar-refractivity contribution >= 4 is 0 Å². The van der Waals surface area contributed by atoms with E-state index in [-0.39, 0.29) is 0 Å². The summed E-state index contributed by atoms with van der Waals surface area (Å²) in [6.07, 6.45) is 13.9. The van der Waals surface area contributed by atoms with Crippen LogP contribution >= 0.6 is 0 Å². The average Bonchev–Trinajstić information content (AvgIpc) is 2.08. The van der Waals surface area contributed by atoms with Crippen molar-refractivity contribution in [3.63, 3.8) is 0 Å². The van der Waals surface area contributed by atoms with Crippen LogP contribution in [0.25, 0.3) is 0 Å². The van der Waals surface area contributed by atoms with Gasteiger partial charge in [-0.05, 0) is 31.1 Å². The first kappa shape index (κ1) is 6.69. The smallest absolute Gasteiger partial charge is 0.0297 e. The molecule has 0 nitrogen and oxygen atoms in total. The summed E-state index contributed by atoms with van der Waals surface area (Å²) in [5.41, 5.74) is 0.885. The molecule has 2 aliphatic rings. The van der Waals surface area contributed by atoms with Gasteiger partial charge in [0.15, 0.2) is 0 Å². The van der Waals surface area contributed by atoms with Crippen LogP contribution < -0.4 is 0 Å². The Morgan fingerprint density at radius 1 is 0.500 bits per heavy atom. The molecule has 0 radical (unpaired) electrons. The van der Waals surface area contributed by atoms with Crippen LogP contribution in [-0.4, -0.2) is 0 Å². The highest BCUT2D eigenvalue weighted by Gasteiger charge is 2.36. The zero-order chi connectivity index (χ0) is 6.86. The summed E-state index contributed by atoms with van der Waals surface area (Å²) >= 11 is 0. The zero-order valence-corrected chi connectivity index (χ0v) is 6.86. The lowest BCUT2D eigenvalue weighted by Gasteiger charge is -2.41.